The summed E-state index contributed by atoms with van der Waals surface area (Å²) in [7, 11) is 1.62. The molecule has 0 saturated carbocycles. The molecule has 0 radical (unpaired) electrons. The molecular formula is C26H21N3O4S. The summed E-state index contributed by atoms with van der Waals surface area (Å²) >= 11 is 5.74. The van der Waals surface area contributed by atoms with Crippen LogP contribution in [0.2, 0.25) is 0 Å². The second-order valence-electron chi connectivity index (χ2n) is 7.75. The van der Waals surface area contributed by atoms with Crippen LogP contribution < -0.4 is 15.0 Å². The first-order valence-electron chi connectivity index (χ1n) is 10.6. The van der Waals surface area contributed by atoms with Gasteiger partial charge in [-0.2, -0.15) is 0 Å². The lowest BCUT2D eigenvalue weighted by molar-refractivity contribution is 0.0697. The zero-order chi connectivity index (χ0) is 23.7. The zero-order valence-electron chi connectivity index (χ0n) is 18.2. The Morgan fingerprint density at radius 2 is 1.91 bits per heavy atom. The first-order valence-corrected chi connectivity index (χ1v) is 11.0. The molecule has 8 heteroatoms. The summed E-state index contributed by atoms with van der Waals surface area (Å²) in [5, 5.41) is 13.5. The van der Waals surface area contributed by atoms with Crippen LogP contribution in [0.15, 0.2) is 89.5 Å². The molecule has 0 spiro atoms. The molecule has 170 valence electrons. The van der Waals surface area contributed by atoms with Crippen LogP contribution in [-0.2, 0) is 0 Å². The number of aromatic carboxylic acids is 1. The number of anilines is 1. The van der Waals surface area contributed by atoms with Crippen LogP contribution in [0.25, 0.3) is 11.3 Å². The first-order chi connectivity index (χ1) is 16.6. The molecule has 1 fully saturated rings. The van der Waals surface area contributed by atoms with Crippen LogP contribution in [-0.4, -0.2) is 28.3 Å². The van der Waals surface area contributed by atoms with Crippen molar-refractivity contribution in [3.05, 3.63) is 102 Å². The second kappa shape index (κ2) is 8.99. The van der Waals surface area contributed by atoms with E-state index in [-0.39, 0.29) is 17.6 Å². The predicted octanol–water partition coefficient (Wildman–Crippen LogP) is 5.23. The lowest BCUT2D eigenvalue weighted by atomic mass is 10.0. The standard InChI is InChI=1S/C26H21N3O4S/c1-32-17-8-6-7-16(15-17)29-24(23(28-26(29)34)20-11-4-5-14-27-20)22-13-12-21(33-22)18-9-2-3-10-19(18)25(30)31/h2-15,23-24H,1H3,(H,28,34)(H,30,31)/t23-,24-/m0/s1. The van der Waals surface area contributed by atoms with Crippen molar-refractivity contribution in [1.29, 1.82) is 0 Å². The summed E-state index contributed by atoms with van der Waals surface area (Å²) in [6.45, 7) is 0. The van der Waals surface area contributed by atoms with Gasteiger partial charge in [-0.25, -0.2) is 4.79 Å². The number of furan rings is 1. The number of carbonyl (C=O) groups is 1. The highest BCUT2D eigenvalue weighted by molar-refractivity contribution is 7.80. The number of methoxy groups -OCH3 is 1. The first kappa shape index (κ1) is 21.7. The number of hydrogen-bond donors (Lipinski definition) is 2. The van der Waals surface area contributed by atoms with E-state index in [1.165, 1.54) is 0 Å². The summed E-state index contributed by atoms with van der Waals surface area (Å²) in [6, 6.07) is 23.1. The Bertz CT molecular complexity index is 1350. The number of thiocarbonyl (C=S) groups is 1. The van der Waals surface area contributed by atoms with Crippen molar-refractivity contribution < 1.29 is 19.1 Å². The number of nitrogens with zero attached hydrogens (tertiary/aromatic N) is 2. The minimum atomic E-state index is -1.01. The third kappa shape index (κ3) is 3.88. The minimum absolute atomic E-state index is 0.175. The summed E-state index contributed by atoms with van der Waals surface area (Å²) in [6.07, 6.45) is 1.74. The van der Waals surface area contributed by atoms with Gasteiger partial charge in [0, 0.05) is 23.5 Å². The van der Waals surface area contributed by atoms with Crippen molar-refractivity contribution >= 4 is 29.0 Å². The zero-order valence-corrected chi connectivity index (χ0v) is 19.0. The van der Waals surface area contributed by atoms with Gasteiger partial charge in [0.2, 0.25) is 0 Å². The average Bonchev–Trinajstić information content (AvgIpc) is 3.49. The van der Waals surface area contributed by atoms with Gasteiger partial charge < -0.3 is 24.5 Å². The Labute approximate surface area is 201 Å². The van der Waals surface area contributed by atoms with Gasteiger partial charge in [-0.05, 0) is 54.7 Å². The maximum absolute atomic E-state index is 11.7. The molecule has 2 aromatic carbocycles. The summed E-state index contributed by atoms with van der Waals surface area (Å²) < 4.78 is 11.7. The maximum atomic E-state index is 11.7. The topological polar surface area (TPSA) is 87.8 Å². The van der Waals surface area contributed by atoms with Gasteiger partial charge in [0.1, 0.15) is 23.3 Å². The van der Waals surface area contributed by atoms with Gasteiger partial charge in [-0.15, -0.1) is 0 Å². The minimum Gasteiger partial charge on any atom is -0.497 e. The van der Waals surface area contributed by atoms with E-state index in [9.17, 15) is 9.90 Å². The number of carboxylic acids is 1. The molecule has 1 aliphatic rings. The van der Waals surface area contributed by atoms with Crippen molar-refractivity contribution in [2.75, 3.05) is 12.0 Å². The molecular weight excluding hydrogens is 450 g/mol. The Hall–Kier alpha value is -4.17. The maximum Gasteiger partial charge on any atom is 0.336 e. The highest BCUT2D eigenvalue weighted by Gasteiger charge is 2.42. The molecule has 1 aliphatic heterocycles. The van der Waals surface area contributed by atoms with E-state index in [4.69, 9.17) is 21.4 Å². The third-order valence-electron chi connectivity index (χ3n) is 5.77. The molecule has 4 aromatic rings. The molecule has 0 aliphatic carbocycles. The van der Waals surface area contributed by atoms with Crippen molar-refractivity contribution in [1.82, 2.24) is 10.3 Å². The molecule has 3 heterocycles. The molecule has 2 aromatic heterocycles. The number of carboxylic acid groups (broad SMARTS) is 1. The fourth-order valence-electron chi connectivity index (χ4n) is 4.22. The van der Waals surface area contributed by atoms with E-state index < -0.39 is 5.97 Å². The van der Waals surface area contributed by atoms with E-state index in [1.807, 2.05) is 53.4 Å². The summed E-state index contributed by atoms with van der Waals surface area (Å²) in [4.78, 5) is 18.3. The number of benzene rings is 2. The molecule has 0 amide bonds. The largest absolute Gasteiger partial charge is 0.497 e. The fraction of sp³-hybridized carbons (Fsp3) is 0.115. The number of pyridine rings is 1. The van der Waals surface area contributed by atoms with Crippen LogP contribution in [0.4, 0.5) is 5.69 Å². The van der Waals surface area contributed by atoms with E-state index in [0.717, 1.165) is 11.4 Å². The molecule has 1 saturated heterocycles. The van der Waals surface area contributed by atoms with Gasteiger partial charge in [-0.3, -0.25) is 4.98 Å². The van der Waals surface area contributed by atoms with E-state index in [0.29, 0.717) is 27.9 Å². The quantitative estimate of drug-likeness (QED) is 0.370. The van der Waals surface area contributed by atoms with E-state index in [1.54, 1.807) is 43.6 Å². The molecule has 2 N–H and O–H groups in total. The fourth-order valence-corrected chi connectivity index (χ4v) is 4.57. The van der Waals surface area contributed by atoms with Crippen LogP contribution in [0.5, 0.6) is 5.75 Å². The normalized spacial score (nSPS) is 17.4. The Morgan fingerprint density at radius 3 is 2.68 bits per heavy atom. The van der Waals surface area contributed by atoms with Crippen molar-refractivity contribution in [3.8, 4) is 17.1 Å². The van der Waals surface area contributed by atoms with Gasteiger partial charge in [0.15, 0.2) is 5.11 Å². The van der Waals surface area contributed by atoms with Crippen molar-refractivity contribution in [2.24, 2.45) is 0 Å². The number of nitrogens with one attached hydrogen (secondary N) is 1. The van der Waals surface area contributed by atoms with E-state index >= 15 is 0 Å². The monoisotopic (exact) mass is 471 g/mol. The Morgan fingerprint density at radius 1 is 1.09 bits per heavy atom. The Kier molecular flexibility index (Phi) is 5.73. The number of ether oxygens (including phenoxy) is 1. The summed E-state index contributed by atoms with van der Waals surface area (Å²) in [5.74, 6) is 0.787. The lowest BCUT2D eigenvalue weighted by Gasteiger charge is -2.26. The number of rotatable bonds is 6. The number of aromatic nitrogens is 1. The lowest BCUT2D eigenvalue weighted by Crippen LogP contribution is -2.29. The molecule has 0 bridgehead atoms. The number of hydrogen-bond acceptors (Lipinski definition) is 5. The molecule has 2 atom stereocenters. The highest BCUT2D eigenvalue weighted by atomic mass is 32.1. The van der Waals surface area contributed by atoms with E-state index in [2.05, 4.69) is 10.3 Å². The van der Waals surface area contributed by atoms with Crippen molar-refractivity contribution in [2.45, 2.75) is 12.1 Å². The predicted molar refractivity (Wildman–Crippen MR) is 132 cm³/mol. The van der Waals surface area contributed by atoms with Gasteiger partial charge in [-0.1, -0.05) is 30.3 Å². The molecule has 34 heavy (non-hydrogen) atoms. The van der Waals surface area contributed by atoms with Gasteiger partial charge in [0.25, 0.3) is 0 Å². The van der Waals surface area contributed by atoms with Crippen LogP contribution in [0.1, 0.15) is 33.9 Å². The second-order valence-corrected chi connectivity index (χ2v) is 8.14. The van der Waals surface area contributed by atoms with Crippen molar-refractivity contribution in [3.63, 3.8) is 0 Å². The van der Waals surface area contributed by atoms with Crippen LogP contribution in [0.3, 0.4) is 0 Å². The SMILES string of the molecule is COc1cccc(N2C(=S)N[C@@H](c3ccccn3)[C@@H]2c2ccc(-c3ccccc3C(=O)O)o2)c1. The Balaban J connectivity index is 1.62. The van der Waals surface area contributed by atoms with Crippen LogP contribution >= 0.6 is 12.2 Å². The average molecular weight is 472 g/mol. The summed E-state index contributed by atoms with van der Waals surface area (Å²) in [5.41, 5.74) is 2.33. The smallest absolute Gasteiger partial charge is 0.336 e. The van der Waals surface area contributed by atoms with Gasteiger partial charge >= 0.3 is 5.97 Å². The third-order valence-corrected chi connectivity index (χ3v) is 6.09. The molecule has 0 unspecified atom stereocenters. The van der Waals surface area contributed by atoms with Crippen LogP contribution in [0, 0.1) is 0 Å². The van der Waals surface area contributed by atoms with Gasteiger partial charge in [0.05, 0.1) is 24.4 Å². The molecule has 5 rings (SSSR count). The highest BCUT2D eigenvalue weighted by Crippen LogP contribution is 2.43. The molecule has 7 nitrogen and oxygen atoms in total.